The zero-order chi connectivity index (χ0) is 13.2. The van der Waals surface area contributed by atoms with Crippen molar-refractivity contribution in [3.63, 3.8) is 0 Å². The molecule has 94 valence electrons. The van der Waals surface area contributed by atoms with Gasteiger partial charge in [0.1, 0.15) is 12.1 Å². The lowest BCUT2D eigenvalue weighted by molar-refractivity contribution is 0.629. The standard InChI is InChI=1S/C12H7ClFN5/c13-11-16-10(8-3-1-2-4-9(8)14)17-12(18-11)19-6-5-15-7-19/h1-7H. The normalized spacial score (nSPS) is 10.6. The van der Waals surface area contributed by atoms with E-state index in [1.165, 1.54) is 12.4 Å². The molecule has 7 heteroatoms. The van der Waals surface area contributed by atoms with Crippen LogP contribution in [0.15, 0.2) is 43.0 Å². The number of imidazole rings is 1. The quantitative estimate of drug-likeness (QED) is 0.721. The summed E-state index contributed by atoms with van der Waals surface area (Å²) in [6.07, 6.45) is 4.77. The second-order valence-electron chi connectivity index (χ2n) is 3.68. The lowest BCUT2D eigenvalue weighted by Crippen LogP contribution is -2.03. The van der Waals surface area contributed by atoms with Crippen molar-refractivity contribution in [1.29, 1.82) is 0 Å². The van der Waals surface area contributed by atoms with Crippen molar-refractivity contribution in [2.45, 2.75) is 0 Å². The molecule has 0 amide bonds. The molecule has 1 aromatic carbocycles. The van der Waals surface area contributed by atoms with Gasteiger partial charge in [0.15, 0.2) is 5.82 Å². The summed E-state index contributed by atoms with van der Waals surface area (Å²) in [5.41, 5.74) is 0.271. The molecule has 0 fully saturated rings. The Morgan fingerprint density at radius 3 is 2.68 bits per heavy atom. The lowest BCUT2D eigenvalue weighted by atomic mass is 10.2. The molecule has 3 aromatic rings. The van der Waals surface area contributed by atoms with Crippen molar-refractivity contribution >= 4 is 11.6 Å². The van der Waals surface area contributed by atoms with Crippen molar-refractivity contribution < 1.29 is 4.39 Å². The Labute approximate surface area is 112 Å². The number of nitrogens with zero attached hydrogens (tertiary/aromatic N) is 5. The SMILES string of the molecule is Fc1ccccc1-c1nc(Cl)nc(-n2ccnc2)n1. The van der Waals surface area contributed by atoms with Gasteiger partial charge < -0.3 is 0 Å². The Kier molecular flexibility index (Phi) is 2.92. The Morgan fingerprint density at radius 2 is 1.95 bits per heavy atom. The fourth-order valence-corrected chi connectivity index (χ4v) is 1.75. The lowest BCUT2D eigenvalue weighted by Gasteiger charge is -2.05. The average Bonchev–Trinajstić information content (AvgIpc) is 2.92. The fourth-order valence-electron chi connectivity index (χ4n) is 1.60. The van der Waals surface area contributed by atoms with E-state index < -0.39 is 5.82 Å². The molecular formula is C12H7ClFN5. The Morgan fingerprint density at radius 1 is 1.11 bits per heavy atom. The third kappa shape index (κ3) is 2.30. The summed E-state index contributed by atoms with van der Waals surface area (Å²) in [6, 6.07) is 6.22. The van der Waals surface area contributed by atoms with Crippen molar-refractivity contribution in [3.05, 3.63) is 54.1 Å². The third-order valence-corrected chi connectivity index (χ3v) is 2.62. The number of hydrogen-bond acceptors (Lipinski definition) is 4. The summed E-state index contributed by atoms with van der Waals surface area (Å²) < 4.78 is 15.3. The second kappa shape index (κ2) is 4.74. The minimum absolute atomic E-state index is 0.00282. The van der Waals surface area contributed by atoms with Crippen LogP contribution in [-0.4, -0.2) is 24.5 Å². The van der Waals surface area contributed by atoms with Gasteiger partial charge in [-0.3, -0.25) is 4.57 Å². The van der Waals surface area contributed by atoms with Gasteiger partial charge in [0.25, 0.3) is 0 Å². The summed E-state index contributed by atoms with van der Waals surface area (Å²) in [7, 11) is 0. The van der Waals surface area contributed by atoms with Gasteiger partial charge in [-0.05, 0) is 23.7 Å². The van der Waals surface area contributed by atoms with E-state index in [-0.39, 0.29) is 22.6 Å². The van der Waals surface area contributed by atoms with Crippen molar-refractivity contribution in [1.82, 2.24) is 24.5 Å². The van der Waals surface area contributed by atoms with E-state index >= 15 is 0 Å². The Hall–Kier alpha value is -2.34. The molecule has 0 aliphatic carbocycles. The fraction of sp³-hybridized carbons (Fsp3) is 0. The first-order valence-electron chi connectivity index (χ1n) is 5.39. The summed E-state index contributed by atoms with van der Waals surface area (Å²) in [6.45, 7) is 0. The van der Waals surface area contributed by atoms with Gasteiger partial charge in [-0.2, -0.15) is 15.0 Å². The van der Waals surface area contributed by atoms with Crippen LogP contribution in [0, 0.1) is 5.82 Å². The molecule has 0 spiro atoms. The summed E-state index contributed by atoms with van der Waals surface area (Å²) in [4.78, 5) is 16.0. The molecular weight excluding hydrogens is 269 g/mol. The first-order chi connectivity index (χ1) is 9.24. The van der Waals surface area contributed by atoms with Gasteiger partial charge >= 0.3 is 0 Å². The van der Waals surface area contributed by atoms with Crippen LogP contribution in [0.2, 0.25) is 5.28 Å². The highest BCUT2D eigenvalue weighted by Crippen LogP contribution is 2.20. The van der Waals surface area contributed by atoms with Crippen LogP contribution in [0.25, 0.3) is 17.3 Å². The molecule has 0 aliphatic heterocycles. The van der Waals surface area contributed by atoms with Crippen LogP contribution in [0.5, 0.6) is 0 Å². The Balaban J connectivity index is 2.16. The molecule has 2 heterocycles. The maximum atomic E-state index is 13.7. The van der Waals surface area contributed by atoms with Crippen LogP contribution in [0.4, 0.5) is 4.39 Å². The van der Waals surface area contributed by atoms with Gasteiger partial charge in [0.05, 0.1) is 5.56 Å². The Bertz CT molecular complexity index is 714. The van der Waals surface area contributed by atoms with Crippen LogP contribution < -0.4 is 0 Å². The molecule has 0 saturated carbocycles. The summed E-state index contributed by atoms with van der Waals surface area (Å²) in [5.74, 6) is 0.0545. The van der Waals surface area contributed by atoms with Gasteiger partial charge in [-0.25, -0.2) is 9.37 Å². The van der Waals surface area contributed by atoms with E-state index in [1.54, 1.807) is 35.2 Å². The molecule has 0 atom stereocenters. The third-order valence-electron chi connectivity index (χ3n) is 2.45. The maximum Gasteiger partial charge on any atom is 0.239 e. The number of benzene rings is 1. The second-order valence-corrected chi connectivity index (χ2v) is 4.02. The molecule has 0 bridgehead atoms. The van der Waals surface area contributed by atoms with Crippen molar-refractivity contribution in [3.8, 4) is 17.3 Å². The largest absolute Gasteiger partial charge is 0.274 e. The van der Waals surface area contributed by atoms with Crippen molar-refractivity contribution in [2.75, 3.05) is 0 Å². The number of hydrogen-bond donors (Lipinski definition) is 0. The highest BCUT2D eigenvalue weighted by molar-refractivity contribution is 6.28. The van der Waals surface area contributed by atoms with Gasteiger partial charge in [0.2, 0.25) is 11.2 Å². The van der Waals surface area contributed by atoms with Gasteiger partial charge in [-0.15, -0.1) is 0 Å². The van der Waals surface area contributed by atoms with Crippen LogP contribution >= 0.6 is 11.6 Å². The summed E-state index contributed by atoms with van der Waals surface area (Å²) >= 11 is 5.85. The van der Waals surface area contributed by atoms with E-state index in [0.717, 1.165) is 0 Å². The monoisotopic (exact) mass is 275 g/mol. The van der Waals surface area contributed by atoms with Gasteiger partial charge in [-0.1, -0.05) is 12.1 Å². The maximum absolute atomic E-state index is 13.7. The molecule has 0 unspecified atom stereocenters. The van der Waals surface area contributed by atoms with E-state index in [9.17, 15) is 4.39 Å². The summed E-state index contributed by atoms with van der Waals surface area (Å²) in [5, 5.41) is -0.00282. The first kappa shape index (κ1) is 11.7. The highest BCUT2D eigenvalue weighted by Gasteiger charge is 2.11. The van der Waals surface area contributed by atoms with Crippen LogP contribution in [-0.2, 0) is 0 Å². The molecule has 0 saturated heterocycles. The molecule has 0 N–H and O–H groups in total. The van der Waals surface area contributed by atoms with Gasteiger partial charge in [0, 0.05) is 12.4 Å². The van der Waals surface area contributed by atoms with E-state index in [0.29, 0.717) is 0 Å². The number of rotatable bonds is 2. The molecule has 0 radical (unpaired) electrons. The minimum atomic E-state index is -0.415. The van der Waals surface area contributed by atoms with E-state index in [2.05, 4.69) is 19.9 Å². The zero-order valence-electron chi connectivity index (χ0n) is 9.53. The van der Waals surface area contributed by atoms with E-state index in [1.807, 2.05) is 0 Å². The van der Waals surface area contributed by atoms with Crippen molar-refractivity contribution in [2.24, 2.45) is 0 Å². The molecule has 19 heavy (non-hydrogen) atoms. The predicted octanol–water partition coefficient (Wildman–Crippen LogP) is 2.52. The number of aromatic nitrogens is 5. The zero-order valence-corrected chi connectivity index (χ0v) is 10.3. The average molecular weight is 276 g/mol. The van der Waals surface area contributed by atoms with Crippen LogP contribution in [0.3, 0.4) is 0 Å². The minimum Gasteiger partial charge on any atom is -0.274 e. The number of halogens is 2. The molecule has 5 nitrogen and oxygen atoms in total. The topological polar surface area (TPSA) is 56.5 Å². The van der Waals surface area contributed by atoms with E-state index in [4.69, 9.17) is 11.6 Å². The smallest absolute Gasteiger partial charge is 0.239 e. The van der Waals surface area contributed by atoms with Crippen LogP contribution in [0.1, 0.15) is 0 Å². The highest BCUT2D eigenvalue weighted by atomic mass is 35.5. The molecule has 0 aliphatic rings. The molecule has 2 aromatic heterocycles. The molecule has 3 rings (SSSR count). The predicted molar refractivity (Wildman–Crippen MR) is 67.4 cm³/mol. The first-order valence-corrected chi connectivity index (χ1v) is 5.76.